The van der Waals surface area contributed by atoms with E-state index in [2.05, 4.69) is 4.98 Å². The van der Waals surface area contributed by atoms with Crippen LogP contribution in [0.5, 0.6) is 0 Å². The van der Waals surface area contributed by atoms with E-state index in [4.69, 9.17) is 15.1 Å². The molecule has 0 aliphatic heterocycles. The van der Waals surface area contributed by atoms with Gasteiger partial charge in [-0.15, -0.1) is 0 Å². The van der Waals surface area contributed by atoms with Crippen LogP contribution in [0.4, 0.5) is 0 Å². The Labute approximate surface area is 78.6 Å². The fraction of sp³-hybridized carbons (Fsp3) is 0. The van der Waals surface area contributed by atoms with Crippen molar-refractivity contribution in [1.82, 2.24) is 4.98 Å². The van der Waals surface area contributed by atoms with Crippen LogP contribution in [0.25, 0.3) is 11.1 Å². The lowest BCUT2D eigenvalue weighted by Gasteiger charge is -1.93. The molecule has 0 radical (unpaired) electrons. The molecule has 0 bridgehead atoms. The molecular weight excluding hydrogens is 214 g/mol. The summed E-state index contributed by atoms with van der Waals surface area (Å²) in [6, 6.07) is 4.24. The summed E-state index contributed by atoms with van der Waals surface area (Å²) in [5.41, 5.74) is 1.01. The minimum absolute atomic E-state index is 0.0237. The van der Waals surface area contributed by atoms with E-state index < -0.39 is 9.05 Å². The maximum Gasteiger partial charge on any atom is 0.261 e. The van der Waals surface area contributed by atoms with Crippen molar-refractivity contribution in [2.75, 3.05) is 0 Å². The lowest BCUT2D eigenvalue weighted by molar-refractivity contribution is 0.602. The van der Waals surface area contributed by atoms with Gasteiger partial charge in [-0.1, -0.05) is 0 Å². The van der Waals surface area contributed by atoms with Crippen LogP contribution in [0.15, 0.2) is 33.9 Å². The van der Waals surface area contributed by atoms with Crippen LogP contribution in [0.2, 0.25) is 0 Å². The first kappa shape index (κ1) is 8.52. The molecule has 0 saturated carbocycles. The van der Waals surface area contributed by atoms with Gasteiger partial charge < -0.3 is 4.42 Å². The van der Waals surface area contributed by atoms with E-state index in [1.165, 1.54) is 24.6 Å². The van der Waals surface area contributed by atoms with Crippen molar-refractivity contribution in [3.63, 3.8) is 0 Å². The molecule has 1 heterocycles. The molecule has 0 unspecified atom stereocenters. The Balaban J connectivity index is 2.75. The van der Waals surface area contributed by atoms with Crippen molar-refractivity contribution in [3.05, 3.63) is 24.6 Å². The second-order valence-corrected chi connectivity index (χ2v) is 4.99. The number of benzene rings is 1. The van der Waals surface area contributed by atoms with Gasteiger partial charge >= 0.3 is 0 Å². The lowest BCUT2D eigenvalue weighted by atomic mass is 10.3. The van der Waals surface area contributed by atoms with Crippen molar-refractivity contribution < 1.29 is 12.8 Å². The number of halogens is 1. The average molecular weight is 218 g/mol. The van der Waals surface area contributed by atoms with Crippen molar-refractivity contribution in [2.45, 2.75) is 4.90 Å². The molecule has 0 fully saturated rings. The number of fused-ring (bicyclic) bond motifs is 1. The largest absolute Gasteiger partial charge is 0.443 e. The predicted molar refractivity (Wildman–Crippen MR) is 47.0 cm³/mol. The summed E-state index contributed by atoms with van der Waals surface area (Å²) in [5.74, 6) is 0. The van der Waals surface area contributed by atoms with E-state index in [0.717, 1.165) is 0 Å². The number of hydrogen-bond donors (Lipinski definition) is 0. The minimum Gasteiger partial charge on any atom is -0.443 e. The highest BCUT2D eigenvalue weighted by atomic mass is 35.7. The fourth-order valence-electron chi connectivity index (χ4n) is 0.989. The molecule has 2 rings (SSSR count). The number of aromatic nitrogens is 1. The molecule has 6 heteroatoms. The van der Waals surface area contributed by atoms with Gasteiger partial charge in [0, 0.05) is 10.7 Å². The van der Waals surface area contributed by atoms with E-state index in [0.29, 0.717) is 11.1 Å². The number of oxazole rings is 1. The van der Waals surface area contributed by atoms with Crippen LogP contribution in [-0.4, -0.2) is 13.4 Å². The monoisotopic (exact) mass is 217 g/mol. The molecule has 0 N–H and O–H groups in total. The van der Waals surface area contributed by atoms with Crippen LogP contribution >= 0.6 is 10.7 Å². The van der Waals surface area contributed by atoms with Crippen LogP contribution in [0.1, 0.15) is 0 Å². The zero-order chi connectivity index (χ0) is 9.47. The molecule has 1 aromatic carbocycles. The Morgan fingerprint density at radius 3 is 2.85 bits per heavy atom. The average Bonchev–Trinajstić information content (AvgIpc) is 2.47. The summed E-state index contributed by atoms with van der Waals surface area (Å²) in [6.45, 7) is 0. The molecule has 0 aliphatic rings. The van der Waals surface area contributed by atoms with Crippen molar-refractivity contribution >= 4 is 30.8 Å². The third-order valence-electron chi connectivity index (χ3n) is 1.58. The first-order valence-corrected chi connectivity index (χ1v) is 5.66. The Kier molecular flexibility index (Phi) is 1.78. The van der Waals surface area contributed by atoms with Crippen LogP contribution in [0, 0.1) is 0 Å². The highest BCUT2D eigenvalue weighted by molar-refractivity contribution is 8.13. The van der Waals surface area contributed by atoms with Crippen molar-refractivity contribution in [2.24, 2.45) is 0 Å². The van der Waals surface area contributed by atoms with E-state index in [1.54, 1.807) is 0 Å². The van der Waals surface area contributed by atoms with Gasteiger partial charge in [-0.25, -0.2) is 13.4 Å². The predicted octanol–water partition coefficient (Wildman–Crippen LogP) is 1.76. The fourth-order valence-corrected chi connectivity index (χ4v) is 1.76. The standard InChI is InChI=1S/C7H4ClNO3S/c8-13(10,11)5-1-2-7-6(3-5)9-4-12-7/h1-4H. The molecular formula is C7H4ClNO3S. The first-order chi connectivity index (χ1) is 6.07. The quantitative estimate of drug-likeness (QED) is 0.683. The second kappa shape index (κ2) is 2.71. The molecule has 1 aromatic heterocycles. The Hall–Kier alpha value is -1.07. The first-order valence-electron chi connectivity index (χ1n) is 3.35. The van der Waals surface area contributed by atoms with E-state index >= 15 is 0 Å². The highest BCUT2D eigenvalue weighted by Gasteiger charge is 2.11. The third-order valence-corrected chi connectivity index (χ3v) is 2.93. The SMILES string of the molecule is O=S(=O)(Cl)c1ccc2ocnc2c1. The Morgan fingerprint density at radius 2 is 2.15 bits per heavy atom. The summed E-state index contributed by atoms with van der Waals surface area (Å²) < 4.78 is 26.7. The zero-order valence-electron chi connectivity index (χ0n) is 6.27. The van der Waals surface area contributed by atoms with Gasteiger partial charge in [0.2, 0.25) is 0 Å². The molecule has 13 heavy (non-hydrogen) atoms. The maximum absolute atomic E-state index is 10.9. The minimum atomic E-state index is -3.68. The lowest BCUT2D eigenvalue weighted by Crippen LogP contribution is -1.89. The number of rotatable bonds is 1. The van der Waals surface area contributed by atoms with Gasteiger partial charge in [-0.05, 0) is 18.2 Å². The van der Waals surface area contributed by atoms with Crippen LogP contribution in [0.3, 0.4) is 0 Å². The van der Waals surface area contributed by atoms with E-state index in [-0.39, 0.29) is 4.90 Å². The van der Waals surface area contributed by atoms with E-state index in [9.17, 15) is 8.42 Å². The van der Waals surface area contributed by atoms with Crippen molar-refractivity contribution in [1.29, 1.82) is 0 Å². The molecule has 0 amide bonds. The smallest absolute Gasteiger partial charge is 0.261 e. The summed E-state index contributed by atoms with van der Waals surface area (Å²) in [6.07, 6.45) is 1.25. The topological polar surface area (TPSA) is 60.2 Å². The van der Waals surface area contributed by atoms with E-state index in [1.807, 2.05) is 0 Å². The molecule has 0 spiro atoms. The summed E-state index contributed by atoms with van der Waals surface area (Å²) in [7, 11) is 1.46. The van der Waals surface area contributed by atoms with Gasteiger partial charge in [0.05, 0.1) is 4.90 Å². The molecule has 2 aromatic rings. The zero-order valence-corrected chi connectivity index (χ0v) is 7.84. The number of hydrogen-bond acceptors (Lipinski definition) is 4. The highest BCUT2D eigenvalue weighted by Crippen LogP contribution is 2.20. The maximum atomic E-state index is 10.9. The van der Waals surface area contributed by atoms with Gasteiger partial charge in [0.15, 0.2) is 12.0 Å². The Bertz CT molecular complexity index is 546. The van der Waals surface area contributed by atoms with Gasteiger partial charge in [0.25, 0.3) is 9.05 Å². The van der Waals surface area contributed by atoms with Crippen LogP contribution in [-0.2, 0) is 9.05 Å². The van der Waals surface area contributed by atoms with Gasteiger partial charge in [-0.3, -0.25) is 0 Å². The summed E-state index contributed by atoms with van der Waals surface area (Å²) in [4.78, 5) is 3.83. The Morgan fingerprint density at radius 1 is 1.38 bits per heavy atom. The molecule has 4 nitrogen and oxygen atoms in total. The summed E-state index contributed by atoms with van der Waals surface area (Å²) in [5, 5.41) is 0. The molecule has 0 atom stereocenters. The molecule has 68 valence electrons. The molecule has 0 aliphatic carbocycles. The van der Waals surface area contributed by atoms with Gasteiger partial charge in [0.1, 0.15) is 5.52 Å². The number of nitrogens with zero attached hydrogens (tertiary/aromatic N) is 1. The third kappa shape index (κ3) is 1.52. The van der Waals surface area contributed by atoms with Gasteiger partial charge in [-0.2, -0.15) is 0 Å². The van der Waals surface area contributed by atoms with Crippen molar-refractivity contribution in [3.8, 4) is 0 Å². The normalized spacial score (nSPS) is 12.1. The summed E-state index contributed by atoms with van der Waals surface area (Å²) >= 11 is 0. The second-order valence-electron chi connectivity index (χ2n) is 2.42. The molecule has 0 saturated heterocycles. The van der Waals surface area contributed by atoms with Crippen LogP contribution < -0.4 is 0 Å².